The Kier molecular flexibility index (Phi) is 4.74. The standard InChI is InChI=1S/C20H17N3O7/c24-10-5-6-11(15(25)7-10)20(27)22-21-9-13-18-12-3-1-2-4-16(12)30-17(18)8-14(19(13)26)23(28)29/h5-9,24-26H,1-4H2,(H,22,27)/b21-9-. The fourth-order valence-electron chi connectivity index (χ4n) is 3.63. The van der Waals surface area contributed by atoms with Gasteiger partial charge in [-0.1, -0.05) is 0 Å². The summed E-state index contributed by atoms with van der Waals surface area (Å²) in [6, 6.07) is 4.64. The largest absolute Gasteiger partial charge is 0.508 e. The number of aryl methyl sites for hydroxylation is 2. The SMILES string of the molecule is O=C(N/N=C\c1c(O)c([N+](=O)[O-])cc2oc3c(c12)CCCC3)c1ccc(O)cc1O. The Morgan fingerprint density at radius 1 is 1.20 bits per heavy atom. The average molecular weight is 411 g/mol. The van der Waals surface area contributed by atoms with Crippen LogP contribution in [-0.4, -0.2) is 32.4 Å². The maximum atomic E-state index is 12.2. The minimum Gasteiger partial charge on any atom is -0.508 e. The lowest BCUT2D eigenvalue weighted by Gasteiger charge is -2.10. The molecule has 0 saturated heterocycles. The van der Waals surface area contributed by atoms with Crippen LogP contribution in [0.1, 0.15) is 40.1 Å². The van der Waals surface area contributed by atoms with Crippen LogP contribution in [-0.2, 0) is 12.8 Å². The maximum Gasteiger partial charge on any atom is 0.315 e. The van der Waals surface area contributed by atoms with Gasteiger partial charge in [0.1, 0.15) is 22.8 Å². The summed E-state index contributed by atoms with van der Waals surface area (Å²) in [6.45, 7) is 0. The van der Waals surface area contributed by atoms with E-state index in [1.807, 2.05) is 0 Å². The molecule has 10 nitrogen and oxygen atoms in total. The van der Waals surface area contributed by atoms with E-state index in [9.17, 15) is 30.2 Å². The quantitative estimate of drug-likeness (QED) is 0.292. The number of rotatable bonds is 4. The van der Waals surface area contributed by atoms with E-state index in [0.29, 0.717) is 18.2 Å². The Labute approximate surface area is 169 Å². The molecule has 1 aliphatic carbocycles. The van der Waals surface area contributed by atoms with E-state index in [0.717, 1.165) is 36.4 Å². The van der Waals surface area contributed by atoms with Crippen LogP contribution in [0.4, 0.5) is 5.69 Å². The minimum atomic E-state index is -0.765. The molecule has 0 unspecified atom stereocenters. The summed E-state index contributed by atoms with van der Waals surface area (Å²) in [5.41, 5.74) is 2.75. The van der Waals surface area contributed by atoms with Crippen molar-refractivity contribution in [1.82, 2.24) is 5.43 Å². The molecule has 154 valence electrons. The molecule has 1 amide bonds. The zero-order valence-electron chi connectivity index (χ0n) is 15.6. The smallest absolute Gasteiger partial charge is 0.315 e. The first-order valence-electron chi connectivity index (χ1n) is 9.16. The van der Waals surface area contributed by atoms with Gasteiger partial charge in [0.05, 0.1) is 28.3 Å². The van der Waals surface area contributed by atoms with Crippen molar-refractivity contribution < 1.29 is 29.5 Å². The van der Waals surface area contributed by atoms with Crippen LogP contribution in [0.15, 0.2) is 33.8 Å². The van der Waals surface area contributed by atoms with Crippen molar-refractivity contribution in [2.75, 3.05) is 0 Å². The summed E-state index contributed by atoms with van der Waals surface area (Å²) in [5.74, 6) is -1.26. The summed E-state index contributed by atoms with van der Waals surface area (Å²) < 4.78 is 5.78. The lowest BCUT2D eigenvalue weighted by atomic mass is 9.93. The van der Waals surface area contributed by atoms with E-state index < -0.39 is 28.0 Å². The Hall–Kier alpha value is -4.08. The third-order valence-corrected chi connectivity index (χ3v) is 5.02. The average Bonchev–Trinajstić information content (AvgIpc) is 3.07. The van der Waals surface area contributed by atoms with Gasteiger partial charge in [0.15, 0.2) is 0 Å². The van der Waals surface area contributed by atoms with Crippen LogP contribution >= 0.6 is 0 Å². The molecule has 1 aromatic heterocycles. The predicted molar refractivity (Wildman–Crippen MR) is 106 cm³/mol. The fraction of sp³-hybridized carbons (Fsp3) is 0.200. The van der Waals surface area contributed by atoms with Crippen LogP contribution in [0.25, 0.3) is 11.0 Å². The number of hydrazone groups is 1. The third kappa shape index (κ3) is 3.28. The number of nitrogens with one attached hydrogen (secondary N) is 1. The predicted octanol–water partition coefficient (Wildman–Crippen LogP) is 3.10. The second-order valence-corrected chi connectivity index (χ2v) is 6.90. The van der Waals surface area contributed by atoms with Crippen LogP contribution in [0, 0.1) is 10.1 Å². The Morgan fingerprint density at radius 3 is 2.70 bits per heavy atom. The van der Waals surface area contributed by atoms with Crippen molar-refractivity contribution in [1.29, 1.82) is 0 Å². The number of hydrogen-bond acceptors (Lipinski definition) is 8. The van der Waals surface area contributed by atoms with Gasteiger partial charge in [-0.05, 0) is 31.4 Å². The van der Waals surface area contributed by atoms with E-state index in [2.05, 4.69) is 10.5 Å². The third-order valence-electron chi connectivity index (χ3n) is 5.02. The molecule has 0 radical (unpaired) electrons. The molecule has 2 aromatic carbocycles. The van der Waals surface area contributed by atoms with Crippen molar-refractivity contribution in [3.05, 3.63) is 56.8 Å². The summed E-state index contributed by atoms with van der Waals surface area (Å²) >= 11 is 0. The molecule has 1 aliphatic rings. The van der Waals surface area contributed by atoms with Gasteiger partial charge in [0, 0.05) is 23.4 Å². The van der Waals surface area contributed by atoms with Crippen LogP contribution in [0.2, 0.25) is 0 Å². The summed E-state index contributed by atoms with van der Waals surface area (Å²) in [4.78, 5) is 22.8. The van der Waals surface area contributed by atoms with Gasteiger partial charge in [-0.25, -0.2) is 5.43 Å². The molecule has 0 fully saturated rings. The second-order valence-electron chi connectivity index (χ2n) is 6.90. The first-order chi connectivity index (χ1) is 14.4. The van der Waals surface area contributed by atoms with E-state index in [-0.39, 0.29) is 22.5 Å². The lowest BCUT2D eigenvalue weighted by Crippen LogP contribution is -2.17. The molecular weight excluding hydrogens is 394 g/mol. The number of phenolic OH excluding ortho intramolecular Hbond substituents is 3. The van der Waals surface area contributed by atoms with Crippen LogP contribution in [0.3, 0.4) is 0 Å². The summed E-state index contributed by atoms with van der Waals surface area (Å²) in [5, 5.41) is 45.2. The number of hydrogen-bond donors (Lipinski definition) is 4. The number of nitro benzene ring substituents is 1. The molecule has 4 N–H and O–H groups in total. The number of phenols is 3. The Morgan fingerprint density at radius 2 is 1.97 bits per heavy atom. The van der Waals surface area contributed by atoms with Crippen molar-refractivity contribution in [2.24, 2.45) is 5.10 Å². The Balaban J connectivity index is 1.73. The first kappa shape index (κ1) is 19.2. The molecule has 0 aliphatic heterocycles. The summed E-state index contributed by atoms with van der Waals surface area (Å²) in [6.07, 6.45) is 4.38. The zero-order chi connectivity index (χ0) is 21.4. The van der Waals surface area contributed by atoms with Gasteiger partial charge < -0.3 is 19.7 Å². The molecule has 0 saturated carbocycles. The van der Waals surface area contributed by atoms with Gasteiger partial charge in [0.2, 0.25) is 5.75 Å². The van der Waals surface area contributed by atoms with Gasteiger partial charge >= 0.3 is 5.69 Å². The van der Waals surface area contributed by atoms with Gasteiger partial charge in [-0.15, -0.1) is 0 Å². The van der Waals surface area contributed by atoms with Crippen molar-refractivity contribution in [3.63, 3.8) is 0 Å². The molecule has 0 atom stereocenters. The number of nitrogens with zero attached hydrogens (tertiary/aromatic N) is 2. The number of carbonyl (C=O) groups is 1. The van der Waals surface area contributed by atoms with Crippen LogP contribution in [0.5, 0.6) is 17.2 Å². The van der Waals surface area contributed by atoms with Crippen molar-refractivity contribution in [2.45, 2.75) is 25.7 Å². The topological polar surface area (TPSA) is 158 Å². The number of furan rings is 1. The molecule has 4 rings (SSSR count). The minimum absolute atomic E-state index is 0.0707. The number of amides is 1. The van der Waals surface area contributed by atoms with E-state index in [1.54, 1.807) is 0 Å². The number of benzene rings is 2. The molecule has 0 spiro atoms. The first-order valence-corrected chi connectivity index (χ1v) is 9.16. The van der Waals surface area contributed by atoms with E-state index in [1.165, 1.54) is 18.2 Å². The van der Waals surface area contributed by atoms with E-state index in [4.69, 9.17) is 4.42 Å². The number of fused-ring (bicyclic) bond motifs is 3. The van der Waals surface area contributed by atoms with Crippen LogP contribution < -0.4 is 5.43 Å². The lowest BCUT2D eigenvalue weighted by molar-refractivity contribution is -0.385. The highest BCUT2D eigenvalue weighted by Gasteiger charge is 2.27. The number of aromatic hydroxyl groups is 3. The molecule has 10 heteroatoms. The maximum absolute atomic E-state index is 12.2. The fourth-order valence-corrected chi connectivity index (χ4v) is 3.63. The summed E-state index contributed by atoms with van der Waals surface area (Å²) in [7, 11) is 0. The molecule has 30 heavy (non-hydrogen) atoms. The number of carbonyl (C=O) groups excluding carboxylic acids is 1. The monoisotopic (exact) mass is 411 g/mol. The van der Waals surface area contributed by atoms with Gasteiger partial charge in [-0.2, -0.15) is 5.10 Å². The highest BCUT2D eigenvalue weighted by Crippen LogP contribution is 2.41. The Bertz CT molecular complexity index is 1210. The van der Waals surface area contributed by atoms with E-state index >= 15 is 0 Å². The molecule has 1 heterocycles. The highest BCUT2D eigenvalue weighted by molar-refractivity contribution is 6.05. The van der Waals surface area contributed by atoms with Gasteiger partial charge in [0.25, 0.3) is 5.91 Å². The van der Waals surface area contributed by atoms with Gasteiger partial charge in [-0.3, -0.25) is 14.9 Å². The number of nitro groups is 1. The van der Waals surface area contributed by atoms with Crippen molar-refractivity contribution >= 4 is 28.8 Å². The highest BCUT2D eigenvalue weighted by atomic mass is 16.6. The molecule has 3 aromatic rings. The second kappa shape index (κ2) is 7.39. The zero-order valence-corrected chi connectivity index (χ0v) is 15.6. The van der Waals surface area contributed by atoms with Crippen molar-refractivity contribution in [3.8, 4) is 17.2 Å². The molecular formula is C20H17N3O7. The normalized spacial score (nSPS) is 13.5. The molecule has 0 bridgehead atoms.